The van der Waals surface area contributed by atoms with Crippen LogP contribution in [0.3, 0.4) is 0 Å². The highest BCUT2D eigenvalue weighted by atomic mass is 16.5. The fourth-order valence-corrected chi connectivity index (χ4v) is 3.41. The van der Waals surface area contributed by atoms with Gasteiger partial charge >= 0.3 is 0 Å². The van der Waals surface area contributed by atoms with Crippen LogP contribution in [0.5, 0.6) is 0 Å². The highest BCUT2D eigenvalue weighted by Crippen LogP contribution is 2.21. The Morgan fingerprint density at radius 3 is 2.85 bits per heavy atom. The van der Waals surface area contributed by atoms with Crippen molar-refractivity contribution in [1.29, 1.82) is 0 Å². The molecule has 0 saturated carbocycles. The summed E-state index contributed by atoms with van der Waals surface area (Å²) in [5.74, 6) is 0.764. The molecule has 20 heavy (non-hydrogen) atoms. The molecular formula is C17H26N2O. The minimum Gasteiger partial charge on any atom is -0.381 e. The molecule has 0 unspecified atom stereocenters. The van der Waals surface area contributed by atoms with E-state index in [2.05, 4.69) is 41.0 Å². The molecule has 2 fully saturated rings. The van der Waals surface area contributed by atoms with Crippen molar-refractivity contribution in [3.05, 3.63) is 29.8 Å². The first-order chi connectivity index (χ1) is 9.83. The Kier molecular flexibility index (Phi) is 4.58. The number of hydrogen-bond acceptors (Lipinski definition) is 3. The molecule has 2 saturated heterocycles. The Bertz CT molecular complexity index is 429. The number of hydrogen-bond donors (Lipinski definition) is 0. The fourth-order valence-electron chi connectivity index (χ4n) is 3.41. The average Bonchev–Trinajstić information content (AvgIpc) is 2.85. The summed E-state index contributed by atoms with van der Waals surface area (Å²) in [5.41, 5.74) is 2.81. The van der Waals surface area contributed by atoms with E-state index < -0.39 is 0 Å². The SMILES string of the molecule is Cc1ccccc1N1CCCN(C[C@H]2CCOC2)CC1. The first-order valence-corrected chi connectivity index (χ1v) is 7.93. The Morgan fingerprint density at radius 2 is 2.05 bits per heavy atom. The number of anilines is 1. The molecule has 2 aliphatic heterocycles. The van der Waals surface area contributed by atoms with Crippen molar-refractivity contribution in [3.63, 3.8) is 0 Å². The summed E-state index contributed by atoms with van der Waals surface area (Å²) in [6, 6.07) is 8.76. The number of nitrogens with zero attached hydrogens (tertiary/aromatic N) is 2. The van der Waals surface area contributed by atoms with E-state index in [0.717, 1.165) is 25.7 Å². The molecule has 0 bridgehead atoms. The fraction of sp³-hybridized carbons (Fsp3) is 0.647. The first kappa shape index (κ1) is 13.9. The molecule has 2 heterocycles. The van der Waals surface area contributed by atoms with Gasteiger partial charge in [-0.05, 0) is 43.9 Å². The molecule has 0 aromatic heterocycles. The molecule has 110 valence electrons. The van der Waals surface area contributed by atoms with E-state index in [-0.39, 0.29) is 0 Å². The molecule has 1 atom stereocenters. The smallest absolute Gasteiger partial charge is 0.0507 e. The maximum Gasteiger partial charge on any atom is 0.0507 e. The topological polar surface area (TPSA) is 15.7 Å². The van der Waals surface area contributed by atoms with Gasteiger partial charge in [-0.25, -0.2) is 0 Å². The van der Waals surface area contributed by atoms with Gasteiger partial charge in [-0.15, -0.1) is 0 Å². The third kappa shape index (κ3) is 3.33. The van der Waals surface area contributed by atoms with Gasteiger partial charge in [0.1, 0.15) is 0 Å². The van der Waals surface area contributed by atoms with Crippen molar-refractivity contribution < 1.29 is 4.74 Å². The summed E-state index contributed by atoms with van der Waals surface area (Å²) in [5, 5.41) is 0. The van der Waals surface area contributed by atoms with E-state index in [9.17, 15) is 0 Å². The van der Waals surface area contributed by atoms with Crippen molar-refractivity contribution in [2.24, 2.45) is 5.92 Å². The summed E-state index contributed by atoms with van der Waals surface area (Å²) in [6.07, 6.45) is 2.51. The Balaban J connectivity index is 1.57. The number of ether oxygens (including phenoxy) is 1. The maximum absolute atomic E-state index is 5.50. The zero-order valence-corrected chi connectivity index (χ0v) is 12.6. The second kappa shape index (κ2) is 6.59. The van der Waals surface area contributed by atoms with Gasteiger partial charge in [0.2, 0.25) is 0 Å². The number of aryl methyl sites for hydroxylation is 1. The standard InChI is InChI=1S/C17H26N2O/c1-15-5-2-3-6-17(15)19-9-4-8-18(10-11-19)13-16-7-12-20-14-16/h2-3,5-6,16H,4,7-14H2,1H3/t16-/m1/s1. The monoisotopic (exact) mass is 274 g/mol. The highest BCUT2D eigenvalue weighted by Gasteiger charge is 2.21. The Labute approximate surface area is 122 Å². The molecule has 1 aromatic rings. The third-order valence-corrected chi connectivity index (χ3v) is 4.59. The molecule has 3 nitrogen and oxygen atoms in total. The average molecular weight is 274 g/mol. The van der Waals surface area contributed by atoms with Crippen LogP contribution in [-0.2, 0) is 4.74 Å². The Morgan fingerprint density at radius 1 is 1.15 bits per heavy atom. The first-order valence-electron chi connectivity index (χ1n) is 7.93. The van der Waals surface area contributed by atoms with E-state index in [0.29, 0.717) is 0 Å². The van der Waals surface area contributed by atoms with Gasteiger partial charge in [0, 0.05) is 38.5 Å². The lowest BCUT2D eigenvalue weighted by Gasteiger charge is -2.26. The van der Waals surface area contributed by atoms with Crippen LogP contribution in [0.2, 0.25) is 0 Å². The van der Waals surface area contributed by atoms with Crippen molar-refractivity contribution >= 4 is 5.69 Å². The maximum atomic E-state index is 5.50. The molecule has 0 amide bonds. The van der Waals surface area contributed by atoms with Crippen molar-refractivity contribution in [2.75, 3.05) is 50.8 Å². The van der Waals surface area contributed by atoms with Crippen LogP contribution >= 0.6 is 0 Å². The Hall–Kier alpha value is -1.06. The van der Waals surface area contributed by atoms with Crippen molar-refractivity contribution in [3.8, 4) is 0 Å². The zero-order chi connectivity index (χ0) is 13.8. The van der Waals surface area contributed by atoms with Gasteiger partial charge < -0.3 is 14.5 Å². The lowest BCUT2D eigenvalue weighted by molar-refractivity contribution is 0.169. The highest BCUT2D eigenvalue weighted by molar-refractivity contribution is 5.53. The summed E-state index contributed by atoms with van der Waals surface area (Å²) >= 11 is 0. The molecule has 1 aromatic carbocycles. The molecule has 2 aliphatic rings. The lowest BCUT2D eigenvalue weighted by atomic mass is 10.1. The number of rotatable bonds is 3. The lowest BCUT2D eigenvalue weighted by Crippen LogP contribution is -2.34. The van der Waals surface area contributed by atoms with Gasteiger partial charge in [0.25, 0.3) is 0 Å². The van der Waals surface area contributed by atoms with Crippen LogP contribution < -0.4 is 4.90 Å². The van der Waals surface area contributed by atoms with E-state index in [1.54, 1.807) is 0 Å². The van der Waals surface area contributed by atoms with Crippen LogP contribution in [0.4, 0.5) is 5.69 Å². The largest absolute Gasteiger partial charge is 0.381 e. The summed E-state index contributed by atoms with van der Waals surface area (Å²) in [6.45, 7) is 10.1. The zero-order valence-electron chi connectivity index (χ0n) is 12.6. The molecule has 3 heteroatoms. The summed E-state index contributed by atoms with van der Waals surface area (Å²) in [4.78, 5) is 5.19. The number of benzene rings is 1. The predicted octanol–water partition coefficient (Wildman–Crippen LogP) is 2.54. The van der Waals surface area contributed by atoms with Crippen LogP contribution in [0, 0.1) is 12.8 Å². The quantitative estimate of drug-likeness (QED) is 0.842. The van der Waals surface area contributed by atoms with Gasteiger partial charge in [-0.1, -0.05) is 18.2 Å². The molecular weight excluding hydrogens is 248 g/mol. The van der Waals surface area contributed by atoms with Gasteiger partial charge in [-0.2, -0.15) is 0 Å². The van der Waals surface area contributed by atoms with Gasteiger partial charge in [-0.3, -0.25) is 0 Å². The summed E-state index contributed by atoms with van der Waals surface area (Å²) in [7, 11) is 0. The molecule has 0 radical (unpaired) electrons. The van der Waals surface area contributed by atoms with Crippen molar-refractivity contribution in [2.45, 2.75) is 19.8 Å². The van der Waals surface area contributed by atoms with Crippen LogP contribution in [-0.4, -0.2) is 50.8 Å². The molecule has 0 aliphatic carbocycles. The van der Waals surface area contributed by atoms with E-state index in [4.69, 9.17) is 4.74 Å². The minimum atomic E-state index is 0.764. The van der Waals surface area contributed by atoms with Gasteiger partial charge in [0.15, 0.2) is 0 Å². The number of para-hydroxylation sites is 1. The second-order valence-electron chi connectivity index (χ2n) is 6.16. The summed E-state index contributed by atoms with van der Waals surface area (Å²) < 4.78 is 5.50. The predicted molar refractivity (Wildman–Crippen MR) is 83.4 cm³/mol. The van der Waals surface area contributed by atoms with Crippen molar-refractivity contribution in [1.82, 2.24) is 4.90 Å². The molecule has 0 spiro atoms. The van der Waals surface area contributed by atoms with E-state index in [1.165, 1.54) is 50.3 Å². The molecule has 0 N–H and O–H groups in total. The van der Waals surface area contributed by atoms with Crippen LogP contribution in [0.1, 0.15) is 18.4 Å². The van der Waals surface area contributed by atoms with Crippen LogP contribution in [0.15, 0.2) is 24.3 Å². The second-order valence-corrected chi connectivity index (χ2v) is 6.16. The van der Waals surface area contributed by atoms with E-state index >= 15 is 0 Å². The van der Waals surface area contributed by atoms with E-state index in [1.807, 2.05) is 0 Å². The van der Waals surface area contributed by atoms with Gasteiger partial charge in [0.05, 0.1) is 6.61 Å². The minimum absolute atomic E-state index is 0.764. The normalized spacial score (nSPS) is 24.9. The third-order valence-electron chi connectivity index (χ3n) is 4.59. The molecule has 3 rings (SSSR count). The van der Waals surface area contributed by atoms with Crippen LogP contribution in [0.25, 0.3) is 0 Å².